The molecule has 0 atom stereocenters. The summed E-state index contributed by atoms with van der Waals surface area (Å²) < 4.78 is 0.651. The fourth-order valence-electron chi connectivity index (χ4n) is 5.42. The minimum atomic E-state index is 0.651. The van der Waals surface area contributed by atoms with Crippen molar-refractivity contribution in [2.75, 3.05) is 14.1 Å². The van der Waals surface area contributed by atoms with Crippen LogP contribution in [0.3, 0.4) is 0 Å². The molecule has 5 rings (SSSR count). The first kappa shape index (κ1) is 24.7. The highest BCUT2D eigenvalue weighted by Gasteiger charge is 2.30. The summed E-state index contributed by atoms with van der Waals surface area (Å²) in [6.45, 7) is 8.70. The molecule has 184 valence electrons. The number of quaternary nitrogens is 1. The molecule has 37 heavy (non-hydrogen) atoms. The van der Waals surface area contributed by atoms with Gasteiger partial charge < -0.3 is 0 Å². The van der Waals surface area contributed by atoms with Gasteiger partial charge in [-0.2, -0.15) is 0 Å². The van der Waals surface area contributed by atoms with Gasteiger partial charge in [0, 0.05) is 17.7 Å². The summed E-state index contributed by atoms with van der Waals surface area (Å²) in [6, 6.07) is 40.3. The van der Waals surface area contributed by atoms with Crippen LogP contribution in [-0.2, 0) is 0 Å². The SMILES string of the molecule is Cc1cccc(-c2ccc([N+](C)(C)c3cccc(C)c3)c(-c3cccc(C)c3)c2-c2cccc(C)c2)c1. The van der Waals surface area contributed by atoms with Crippen LogP contribution in [0.15, 0.2) is 109 Å². The van der Waals surface area contributed by atoms with Crippen molar-refractivity contribution in [2.45, 2.75) is 27.7 Å². The third-order valence-corrected chi connectivity index (χ3v) is 7.38. The van der Waals surface area contributed by atoms with E-state index in [1.165, 1.54) is 67.0 Å². The van der Waals surface area contributed by atoms with Crippen molar-refractivity contribution in [1.82, 2.24) is 4.48 Å². The fraction of sp³-hybridized carbons (Fsp3) is 0.167. The van der Waals surface area contributed by atoms with Crippen LogP contribution in [0.25, 0.3) is 33.4 Å². The first-order chi connectivity index (χ1) is 17.7. The third kappa shape index (κ3) is 4.88. The number of nitrogens with zero attached hydrogens (tertiary/aromatic N) is 1. The normalized spacial score (nSPS) is 11.5. The summed E-state index contributed by atoms with van der Waals surface area (Å²) in [5, 5.41) is 0. The van der Waals surface area contributed by atoms with Crippen molar-refractivity contribution in [3.05, 3.63) is 131 Å². The lowest BCUT2D eigenvalue weighted by molar-refractivity contribution is 0.556. The van der Waals surface area contributed by atoms with Crippen molar-refractivity contribution in [3.8, 4) is 33.4 Å². The predicted molar refractivity (Wildman–Crippen MR) is 161 cm³/mol. The van der Waals surface area contributed by atoms with Gasteiger partial charge in [-0.05, 0) is 67.6 Å². The molecule has 0 aliphatic heterocycles. The largest absolute Gasteiger partial charge is 0.263 e. The number of rotatable bonds is 5. The standard InChI is InChI=1S/C36H36N/c1-25-11-7-15-29(21-25)33-19-20-34(37(5,6)32-18-10-14-28(4)24-32)36(31-17-9-13-27(3)23-31)35(33)30-16-8-12-26(2)22-30/h7-24H,1-6H3/q+1. The maximum atomic E-state index is 2.34. The molecule has 5 aromatic rings. The highest BCUT2D eigenvalue weighted by Crippen LogP contribution is 2.48. The Morgan fingerprint density at radius 3 is 1.43 bits per heavy atom. The molecule has 0 bridgehead atoms. The Labute approximate surface area is 222 Å². The zero-order valence-corrected chi connectivity index (χ0v) is 22.8. The van der Waals surface area contributed by atoms with Gasteiger partial charge in [0.2, 0.25) is 0 Å². The third-order valence-electron chi connectivity index (χ3n) is 7.38. The predicted octanol–water partition coefficient (Wildman–Crippen LogP) is 9.82. The molecular weight excluding hydrogens is 446 g/mol. The Balaban J connectivity index is 1.93. The topological polar surface area (TPSA) is 0 Å². The number of hydrogen-bond donors (Lipinski definition) is 0. The van der Waals surface area contributed by atoms with Crippen molar-refractivity contribution in [3.63, 3.8) is 0 Å². The molecule has 1 heteroatoms. The second kappa shape index (κ2) is 9.84. The Morgan fingerprint density at radius 2 is 0.892 bits per heavy atom. The fourth-order valence-corrected chi connectivity index (χ4v) is 5.42. The first-order valence-corrected chi connectivity index (χ1v) is 13.0. The molecule has 0 radical (unpaired) electrons. The molecule has 0 spiro atoms. The molecule has 0 fully saturated rings. The van der Waals surface area contributed by atoms with Gasteiger partial charge in [-0.1, -0.05) is 102 Å². The van der Waals surface area contributed by atoms with Gasteiger partial charge in [0.15, 0.2) is 0 Å². The van der Waals surface area contributed by atoms with Gasteiger partial charge in [0.25, 0.3) is 0 Å². The van der Waals surface area contributed by atoms with Crippen molar-refractivity contribution < 1.29 is 0 Å². The van der Waals surface area contributed by atoms with Crippen molar-refractivity contribution in [2.24, 2.45) is 0 Å². The van der Waals surface area contributed by atoms with E-state index in [1.807, 2.05) is 0 Å². The highest BCUT2D eigenvalue weighted by atomic mass is 15.3. The summed E-state index contributed by atoms with van der Waals surface area (Å²) in [4.78, 5) is 0. The zero-order chi connectivity index (χ0) is 26.2. The number of aryl methyl sites for hydroxylation is 4. The van der Waals surface area contributed by atoms with Crippen LogP contribution in [0.2, 0.25) is 0 Å². The van der Waals surface area contributed by atoms with Gasteiger partial charge in [-0.15, -0.1) is 0 Å². The molecule has 0 aliphatic rings. The van der Waals surface area contributed by atoms with Crippen LogP contribution < -0.4 is 4.48 Å². The summed E-state index contributed by atoms with van der Waals surface area (Å²) in [5.74, 6) is 0. The van der Waals surface area contributed by atoms with Gasteiger partial charge in [0.1, 0.15) is 11.4 Å². The smallest absolute Gasteiger partial charge is 0.146 e. The van der Waals surface area contributed by atoms with E-state index in [1.54, 1.807) is 0 Å². The second-order valence-electron chi connectivity index (χ2n) is 10.8. The summed E-state index contributed by atoms with van der Waals surface area (Å²) in [6.07, 6.45) is 0. The van der Waals surface area contributed by atoms with Gasteiger partial charge >= 0.3 is 0 Å². The minimum absolute atomic E-state index is 0.651. The minimum Gasteiger partial charge on any atom is -0.263 e. The van der Waals surface area contributed by atoms with E-state index in [2.05, 4.69) is 151 Å². The number of hydrogen-bond acceptors (Lipinski definition) is 0. The molecule has 5 aromatic carbocycles. The molecule has 0 unspecified atom stereocenters. The van der Waals surface area contributed by atoms with Gasteiger partial charge in [-0.3, -0.25) is 4.48 Å². The molecular formula is C36H36N+. The Bertz CT molecular complexity index is 1590. The molecule has 0 heterocycles. The summed E-state index contributed by atoms with van der Waals surface area (Å²) >= 11 is 0. The average Bonchev–Trinajstić information content (AvgIpc) is 2.88. The Morgan fingerprint density at radius 1 is 0.432 bits per heavy atom. The van der Waals surface area contributed by atoms with E-state index in [4.69, 9.17) is 0 Å². The van der Waals surface area contributed by atoms with Crippen LogP contribution in [0.4, 0.5) is 11.4 Å². The lowest BCUT2D eigenvalue weighted by atomic mass is 9.84. The Kier molecular flexibility index (Phi) is 6.58. The van der Waals surface area contributed by atoms with E-state index >= 15 is 0 Å². The molecule has 1 nitrogen and oxygen atoms in total. The highest BCUT2D eigenvalue weighted by molar-refractivity contribution is 6.00. The van der Waals surface area contributed by atoms with Crippen LogP contribution in [0, 0.1) is 27.7 Å². The quantitative estimate of drug-likeness (QED) is 0.219. The first-order valence-electron chi connectivity index (χ1n) is 13.0. The van der Waals surface area contributed by atoms with Crippen LogP contribution in [0.5, 0.6) is 0 Å². The van der Waals surface area contributed by atoms with E-state index in [0.717, 1.165) is 0 Å². The van der Waals surface area contributed by atoms with E-state index < -0.39 is 0 Å². The molecule has 0 N–H and O–H groups in total. The maximum absolute atomic E-state index is 2.34. The van der Waals surface area contributed by atoms with Gasteiger partial charge in [0.05, 0.1) is 19.7 Å². The maximum Gasteiger partial charge on any atom is 0.146 e. The zero-order valence-electron chi connectivity index (χ0n) is 22.8. The van der Waals surface area contributed by atoms with Crippen LogP contribution in [0.1, 0.15) is 22.3 Å². The molecule has 0 amide bonds. The van der Waals surface area contributed by atoms with Crippen molar-refractivity contribution >= 4 is 11.4 Å². The lowest BCUT2D eigenvalue weighted by Gasteiger charge is -2.33. The van der Waals surface area contributed by atoms with E-state index in [-0.39, 0.29) is 0 Å². The van der Waals surface area contributed by atoms with E-state index in [9.17, 15) is 0 Å². The average molecular weight is 483 g/mol. The summed E-state index contributed by atoms with van der Waals surface area (Å²) in [5.41, 5.74) is 15.2. The second-order valence-corrected chi connectivity index (χ2v) is 10.8. The lowest BCUT2D eigenvalue weighted by Crippen LogP contribution is -2.35. The van der Waals surface area contributed by atoms with E-state index in [0.29, 0.717) is 4.48 Å². The molecule has 0 aromatic heterocycles. The molecule has 0 saturated carbocycles. The molecule has 0 saturated heterocycles. The number of benzene rings is 5. The van der Waals surface area contributed by atoms with Crippen LogP contribution in [-0.4, -0.2) is 14.1 Å². The van der Waals surface area contributed by atoms with Crippen LogP contribution >= 0.6 is 0 Å². The van der Waals surface area contributed by atoms with Gasteiger partial charge in [-0.25, -0.2) is 0 Å². The monoisotopic (exact) mass is 482 g/mol. The molecule has 0 aliphatic carbocycles. The van der Waals surface area contributed by atoms with Crippen molar-refractivity contribution in [1.29, 1.82) is 0 Å². The Hall–Kier alpha value is -3.94. The summed E-state index contributed by atoms with van der Waals surface area (Å²) in [7, 11) is 4.60.